The number of benzene rings is 1. The third kappa shape index (κ3) is 3.01. The lowest BCUT2D eigenvalue weighted by Crippen LogP contribution is -2.13. The predicted molar refractivity (Wildman–Crippen MR) is 81.8 cm³/mol. The Morgan fingerprint density at radius 3 is 2.57 bits per heavy atom. The molecule has 0 spiro atoms. The van der Waals surface area contributed by atoms with Crippen molar-refractivity contribution < 1.29 is 19.8 Å². The van der Waals surface area contributed by atoms with Gasteiger partial charge in [0.15, 0.2) is 0 Å². The van der Waals surface area contributed by atoms with Crippen molar-refractivity contribution in [2.24, 2.45) is 0 Å². The number of phenols is 1. The number of halogens is 1. The Morgan fingerprint density at radius 2 is 1.95 bits per heavy atom. The van der Waals surface area contributed by atoms with Gasteiger partial charge in [-0.15, -0.1) is 11.3 Å². The lowest BCUT2D eigenvalue weighted by atomic mass is 10.1. The molecule has 3 N–H and O–H groups in total. The number of nitrogens with one attached hydrogen (secondary N) is 1. The number of anilines is 1. The smallest absolute Gasteiger partial charge is 0.338 e. The van der Waals surface area contributed by atoms with Crippen LogP contribution in [0.15, 0.2) is 18.2 Å². The molecule has 2 rings (SSSR count). The van der Waals surface area contributed by atoms with Crippen molar-refractivity contribution in [3.05, 3.63) is 44.8 Å². The molecule has 7 heteroatoms. The van der Waals surface area contributed by atoms with Gasteiger partial charge in [0, 0.05) is 9.90 Å². The fourth-order valence-electron chi connectivity index (χ4n) is 1.83. The summed E-state index contributed by atoms with van der Waals surface area (Å²) in [5.74, 6) is -1.94. The van der Waals surface area contributed by atoms with E-state index >= 15 is 0 Å². The predicted octanol–water partition coefficient (Wildman–Crippen LogP) is 3.67. The molecule has 1 aromatic carbocycles. The Bertz CT molecular complexity index is 739. The molecule has 0 aliphatic heterocycles. The van der Waals surface area contributed by atoms with Crippen LogP contribution in [0.5, 0.6) is 5.75 Å². The molecule has 0 radical (unpaired) electrons. The molecule has 110 valence electrons. The van der Waals surface area contributed by atoms with Crippen LogP contribution < -0.4 is 5.32 Å². The summed E-state index contributed by atoms with van der Waals surface area (Å²) in [6.07, 6.45) is 0. The summed E-state index contributed by atoms with van der Waals surface area (Å²) >= 11 is 6.97. The molecule has 0 fully saturated rings. The highest BCUT2D eigenvalue weighted by atomic mass is 35.5. The Hall–Kier alpha value is -2.05. The maximum Gasteiger partial charge on any atom is 0.338 e. The Balaban J connectivity index is 2.38. The lowest BCUT2D eigenvalue weighted by molar-refractivity contribution is 0.0697. The molecular weight excluding hydrogens is 314 g/mol. The van der Waals surface area contributed by atoms with Crippen LogP contribution in [0.3, 0.4) is 0 Å². The number of hydrogen-bond donors (Lipinski definition) is 3. The second-order valence-electron chi connectivity index (χ2n) is 4.41. The normalized spacial score (nSPS) is 10.4. The van der Waals surface area contributed by atoms with Crippen molar-refractivity contribution >= 4 is 39.8 Å². The van der Waals surface area contributed by atoms with Crippen molar-refractivity contribution in [2.45, 2.75) is 13.8 Å². The maximum absolute atomic E-state index is 12.2. The molecule has 1 amide bonds. The van der Waals surface area contributed by atoms with Crippen molar-refractivity contribution in [1.29, 1.82) is 0 Å². The number of aromatic hydroxyl groups is 1. The highest BCUT2D eigenvalue weighted by Crippen LogP contribution is 2.33. The molecule has 0 unspecified atom stereocenters. The summed E-state index contributed by atoms with van der Waals surface area (Å²) in [6.45, 7) is 3.46. The van der Waals surface area contributed by atoms with E-state index in [-0.39, 0.29) is 21.9 Å². The number of rotatable bonds is 3. The van der Waals surface area contributed by atoms with Crippen LogP contribution in [0.1, 0.15) is 31.2 Å². The molecule has 0 atom stereocenters. The maximum atomic E-state index is 12.2. The Morgan fingerprint density at radius 1 is 1.29 bits per heavy atom. The average Bonchev–Trinajstić information content (AvgIpc) is 2.67. The zero-order valence-electron chi connectivity index (χ0n) is 11.2. The first-order chi connectivity index (χ1) is 9.81. The van der Waals surface area contributed by atoms with Crippen LogP contribution in [0.25, 0.3) is 0 Å². The molecule has 5 nitrogen and oxygen atoms in total. The van der Waals surface area contributed by atoms with Crippen LogP contribution in [0, 0.1) is 13.8 Å². The summed E-state index contributed by atoms with van der Waals surface area (Å²) in [4.78, 5) is 24.3. The van der Waals surface area contributed by atoms with Crippen LogP contribution in [0.2, 0.25) is 5.02 Å². The summed E-state index contributed by atoms with van der Waals surface area (Å²) in [5, 5.41) is 22.0. The Kier molecular flexibility index (Phi) is 4.20. The quantitative estimate of drug-likeness (QED) is 0.803. The number of carboxylic acid groups (broad SMARTS) is 1. The van der Waals surface area contributed by atoms with Crippen molar-refractivity contribution in [3.8, 4) is 5.75 Å². The van der Waals surface area contributed by atoms with Gasteiger partial charge >= 0.3 is 5.97 Å². The summed E-state index contributed by atoms with van der Waals surface area (Å²) in [5.41, 5.74) is 0.660. The number of aromatic carboxylic acids is 1. The molecule has 1 heterocycles. The standard InChI is InChI=1S/C14H12ClNO4S/c1-6-7(2)21-13(11(6)14(19)20)16-12(18)9-5-8(15)3-4-10(9)17/h3-5,17H,1-2H3,(H,16,18)(H,19,20). The molecule has 0 saturated carbocycles. The number of carboxylic acids is 1. The van der Waals surface area contributed by atoms with E-state index in [1.54, 1.807) is 13.8 Å². The van der Waals surface area contributed by atoms with Gasteiger partial charge < -0.3 is 15.5 Å². The zero-order chi connectivity index (χ0) is 15.7. The minimum absolute atomic E-state index is 0.0115. The summed E-state index contributed by atoms with van der Waals surface area (Å²) in [7, 11) is 0. The van der Waals surface area contributed by atoms with Gasteiger partial charge in [0.1, 0.15) is 10.8 Å². The van der Waals surface area contributed by atoms with Gasteiger partial charge in [-0.25, -0.2) is 4.79 Å². The highest BCUT2D eigenvalue weighted by molar-refractivity contribution is 7.16. The van der Waals surface area contributed by atoms with E-state index in [0.29, 0.717) is 10.6 Å². The first-order valence-corrected chi connectivity index (χ1v) is 7.14. The molecule has 0 aliphatic rings. The second-order valence-corrected chi connectivity index (χ2v) is 6.07. The SMILES string of the molecule is Cc1sc(NC(=O)c2cc(Cl)ccc2O)c(C(=O)O)c1C. The number of carbonyl (C=O) groups is 2. The van der Waals surface area contributed by atoms with Gasteiger partial charge in [0.05, 0.1) is 11.1 Å². The van der Waals surface area contributed by atoms with Gasteiger partial charge in [0.25, 0.3) is 5.91 Å². The molecule has 1 aromatic heterocycles. The van der Waals surface area contributed by atoms with E-state index in [0.717, 1.165) is 4.88 Å². The van der Waals surface area contributed by atoms with Crippen molar-refractivity contribution in [2.75, 3.05) is 5.32 Å². The van der Waals surface area contributed by atoms with Crippen LogP contribution in [0.4, 0.5) is 5.00 Å². The summed E-state index contributed by atoms with van der Waals surface area (Å²) < 4.78 is 0. The Labute approximate surface area is 129 Å². The highest BCUT2D eigenvalue weighted by Gasteiger charge is 2.21. The lowest BCUT2D eigenvalue weighted by Gasteiger charge is -2.07. The van der Waals surface area contributed by atoms with Crippen molar-refractivity contribution in [3.63, 3.8) is 0 Å². The van der Waals surface area contributed by atoms with E-state index in [1.807, 2.05) is 0 Å². The van der Waals surface area contributed by atoms with Gasteiger partial charge in [-0.1, -0.05) is 11.6 Å². The number of hydrogen-bond acceptors (Lipinski definition) is 4. The topological polar surface area (TPSA) is 86.6 Å². The molecule has 0 bridgehead atoms. The second kappa shape index (κ2) is 5.75. The fourth-order valence-corrected chi connectivity index (χ4v) is 3.05. The molecule has 2 aromatic rings. The number of amides is 1. The van der Waals surface area contributed by atoms with Gasteiger partial charge in [0.2, 0.25) is 0 Å². The van der Waals surface area contributed by atoms with E-state index in [4.69, 9.17) is 11.6 Å². The van der Waals surface area contributed by atoms with E-state index in [9.17, 15) is 19.8 Å². The first kappa shape index (κ1) is 15.3. The first-order valence-electron chi connectivity index (χ1n) is 5.94. The van der Waals surface area contributed by atoms with Crippen LogP contribution in [-0.4, -0.2) is 22.1 Å². The molecule has 0 aliphatic carbocycles. The number of phenolic OH excluding ortho intramolecular Hbond substituents is 1. The van der Waals surface area contributed by atoms with E-state index in [1.165, 1.54) is 29.5 Å². The molecule has 0 saturated heterocycles. The van der Waals surface area contributed by atoms with E-state index < -0.39 is 11.9 Å². The van der Waals surface area contributed by atoms with Crippen LogP contribution in [-0.2, 0) is 0 Å². The largest absolute Gasteiger partial charge is 0.507 e. The average molecular weight is 326 g/mol. The van der Waals surface area contributed by atoms with Crippen molar-refractivity contribution in [1.82, 2.24) is 0 Å². The van der Waals surface area contributed by atoms with Gasteiger partial charge in [-0.05, 0) is 37.6 Å². The monoisotopic (exact) mass is 325 g/mol. The van der Waals surface area contributed by atoms with Crippen LogP contribution >= 0.6 is 22.9 Å². The number of thiophene rings is 1. The summed E-state index contributed by atoms with van der Waals surface area (Å²) in [6, 6.07) is 4.08. The third-order valence-corrected chi connectivity index (χ3v) is 4.39. The number of carbonyl (C=O) groups excluding carboxylic acids is 1. The zero-order valence-corrected chi connectivity index (χ0v) is 12.8. The molecule has 21 heavy (non-hydrogen) atoms. The minimum atomic E-state index is -1.11. The van der Waals surface area contributed by atoms with Gasteiger partial charge in [-0.3, -0.25) is 4.79 Å². The number of aryl methyl sites for hydroxylation is 1. The minimum Gasteiger partial charge on any atom is -0.507 e. The van der Waals surface area contributed by atoms with E-state index in [2.05, 4.69) is 5.32 Å². The fraction of sp³-hybridized carbons (Fsp3) is 0.143. The third-order valence-electron chi connectivity index (χ3n) is 3.03. The molecular formula is C14H12ClNO4S. The van der Waals surface area contributed by atoms with Gasteiger partial charge in [-0.2, -0.15) is 0 Å².